The minimum Gasteiger partial charge on any atom is -0.369 e. The molecule has 2 aromatic carbocycles. The van der Waals surface area contributed by atoms with Gasteiger partial charge in [-0.1, -0.05) is 17.7 Å². The molecule has 0 aromatic heterocycles. The second kappa shape index (κ2) is 8.02. The third-order valence-corrected chi connectivity index (χ3v) is 6.94. The smallest absolute Gasteiger partial charge is 0.251 e. The van der Waals surface area contributed by atoms with Crippen molar-refractivity contribution in [1.29, 1.82) is 0 Å². The van der Waals surface area contributed by atoms with E-state index in [9.17, 15) is 18.0 Å². The van der Waals surface area contributed by atoms with Crippen molar-refractivity contribution in [3.8, 4) is 0 Å². The number of imide groups is 1. The highest BCUT2D eigenvalue weighted by molar-refractivity contribution is 7.90. The fraction of sp³-hybridized carbons (Fsp3) is 0.333. The first-order valence-electron chi connectivity index (χ1n) is 9.65. The number of halogens is 1. The molecule has 0 bridgehead atoms. The van der Waals surface area contributed by atoms with Gasteiger partial charge in [-0.3, -0.25) is 14.5 Å². The van der Waals surface area contributed by atoms with E-state index in [-0.39, 0.29) is 18.2 Å². The maximum absolute atomic E-state index is 13.0. The Bertz CT molecular complexity index is 1080. The Morgan fingerprint density at radius 3 is 2.20 bits per heavy atom. The SMILES string of the molecule is CS(=O)(=O)c1ccc(N2CCN([C@H]3CC(=O)N(c4cccc(Cl)c4)C3=O)CC2)cc1. The first-order chi connectivity index (χ1) is 14.2. The van der Waals surface area contributed by atoms with Crippen molar-refractivity contribution in [3.05, 3.63) is 53.6 Å². The molecular formula is C21H22ClN3O4S. The van der Waals surface area contributed by atoms with Gasteiger partial charge in [-0.25, -0.2) is 13.3 Å². The average molecular weight is 448 g/mol. The number of carbonyl (C=O) groups excluding carboxylic acids is 2. The third-order valence-electron chi connectivity index (χ3n) is 5.57. The van der Waals surface area contributed by atoms with Crippen molar-refractivity contribution < 1.29 is 18.0 Å². The van der Waals surface area contributed by atoms with Crippen molar-refractivity contribution in [1.82, 2.24) is 4.90 Å². The molecule has 2 amide bonds. The summed E-state index contributed by atoms with van der Waals surface area (Å²) in [6, 6.07) is 13.1. The van der Waals surface area contributed by atoms with Gasteiger partial charge in [0.1, 0.15) is 0 Å². The molecule has 2 fully saturated rings. The minimum atomic E-state index is -3.22. The van der Waals surface area contributed by atoms with Crippen LogP contribution in [0, 0.1) is 0 Å². The minimum absolute atomic E-state index is 0.161. The fourth-order valence-electron chi connectivity index (χ4n) is 3.98. The third kappa shape index (κ3) is 4.08. The van der Waals surface area contributed by atoms with Gasteiger partial charge < -0.3 is 4.90 Å². The zero-order valence-corrected chi connectivity index (χ0v) is 18.1. The van der Waals surface area contributed by atoms with Crippen molar-refractivity contribution in [2.24, 2.45) is 0 Å². The first-order valence-corrected chi connectivity index (χ1v) is 11.9. The Balaban J connectivity index is 1.42. The van der Waals surface area contributed by atoms with Crippen LogP contribution in [0.15, 0.2) is 53.4 Å². The topological polar surface area (TPSA) is 78.0 Å². The number of piperazine rings is 1. The van der Waals surface area contributed by atoms with E-state index in [1.165, 1.54) is 11.2 Å². The fourth-order valence-corrected chi connectivity index (χ4v) is 4.80. The van der Waals surface area contributed by atoms with Crippen LogP contribution in [-0.2, 0) is 19.4 Å². The normalized spacial score (nSPS) is 20.8. The second-order valence-electron chi connectivity index (χ2n) is 7.56. The molecule has 0 N–H and O–H groups in total. The molecule has 2 aliphatic rings. The van der Waals surface area contributed by atoms with Gasteiger partial charge in [0.25, 0.3) is 5.91 Å². The Hall–Kier alpha value is -2.42. The lowest BCUT2D eigenvalue weighted by atomic mass is 10.1. The van der Waals surface area contributed by atoms with Gasteiger partial charge >= 0.3 is 0 Å². The van der Waals surface area contributed by atoms with Crippen LogP contribution in [0.4, 0.5) is 11.4 Å². The van der Waals surface area contributed by atoms with E-state index >= 15 is 0 Å². The lowest BCUT2D eigenvalue weighted by Gasteiger charge is -2.38. The molecule has 2 saturated heterocycles. The number of hydrogen-bond donors (Lipinski definition) is 0. The Labute approximate surface area is 180 Å². The highest BCUT2D eigenvalue weighted by Gasteiger charge is 2.43. The van der Waals surface area contributed by atoms with Crippen LogP contribution in [0.3, 0.4) is 0 Å². The zero-order valence-electron chi connectivity index (χ0n) is 16.5. The number of rotatable bonds is 4. The Kier molecular flexibility index (Phi) is 5.57. The molecule has 0 spiro atoms. The van der Waals surface area contributed by atoms with Crippen LogP contribution >= 0.6 is 11.6 Å². The molecule has 2 aliphatic heterocycles. The number of benzene rings is 2. The lowest BCUT2D eigenvalue weighted by molar-refractivity contribution is -0.123. The summed E-state index contributed by atoms with van der Waals surface area (Å²) >= 11 is 6.01. The summed E-state index contributed by atoms with van der Waals surface area (Å²) in [5.74, 6) is -0.431. The quantitative estimate of drug-likeness (QED) is 0.669. The number of hydrogen-bond acceptors (Lipinski definition) is 6. The molecular weight excluding hydrogens is 426 g/mol. The van der Waals surface area contributed by atoms with E-state index in [0.29, 0.717) is 41.8 Å². The van der Waals surface area contributed by atoms with Crippen LogP contribution in [0.1, 0.15) is 6.42 Å². The number of anilines is 2. The molecule has 0 aliphatic carbocycles. The number of carbonyl (C=O) groups is 2. The van der Waals surface area contributed by atoms with E-state index in [0.717, 1.165) is 5.69 Å². The summed E-state index contributed by atoms with van der Waals surface area (Å²) in [6.45, 7) is 2.66. The van der Waals surface area contributed by atoms with Gasteiger partial charge in [0.2, 0.25) is 5.91 Å². The van der Waals surface area contributed by atoms with Crippen molar-refractivity contribution in [2.75, 3.05) is 42.2 Å². The zero-order chi connectivity index (χ0) is 21.5. The predicted molar refractivity (Wildman–Crippen MR) is 116 cm³/mol. The molecule has 4 rings (SSSR count). The lowest BCUT2D eigenvalue weighted by Crippen LogP contribution is -2.52. The Morgan fingerprint density at radius 2 is 1.60 bits per heavy atom. The predicted octanol–water partition coefficient (Wildman–Crippen LogP) is 2.20. The van der Waals surface area contributed by atoms with Gasteiger partial charge in [0.15, 0.2) is 9.84 Å². The summed E-state index contributed by atoms with van der Waals surface area (Å²) in [7, 11) is -3.22. The van der Waals surface area contributed by atoms with Gasteiger partial charge in [0.05, 0.1) is 23.0 Å². The van der Waals surface area contributed by atoms with Crippen molar-refractivity contribution >= 4 is 44.6 Å². The highest BCUT2D eigenvalue weighted by atomic mass is 35.5. The number of nitrogens with zero attached hydrogens (tertiary/aromatic N) is 3. The molecule has 158 valence electrons. The van der Waals surface area contributed by atoms with E-state index < -0.39 is 15.9 Å². The average Bonchev–Trinajstić information content (AvgIpc) is 3.01. The molecule has 2 aromatic rings. The van der Waals surface area contributed by atoms with Crippen LogP contribution in [0.25, 0.3) is 0 Å². The molecule has 0 radical (unpaired) electrons. The molecule has 0 unspecified atom stereocenters. The summed E-state index contributed by atoms with van der Waals surface area (Å²) in [5.41, 5.74) is 1.45. The molecule has 30 heavy (non-hydrogen) atoms. The van der Waals surface area contributed by atoms with Gasteiger partial charge in [0, 0.05) is 43.1 Å². The summed E-state index contributed by atoms with van der Waals surface area (Å²) in [5, 5.41) is 0.479. The monoisotopic (exact) mass is 447 g/mol. The largest absolute Gasteiger partial charge is 0.369 e. The van der Waals surface area contributed by atoms with E-state index in [2.05, 4.69) is 4.90 Å². The van der Waals surface area contributed by atoms with Crippen molar-refractivity contribution in [3.63, 3.8) is 0 Å². The summed E-state index contributed by atoms with van der Waals surface area (Å²) in [6.07, 6.45) is 1.35. The summed E-state index contributed by atoms with van der Waals surface area (Å²) in [4.78, 5) is 31.2. The van der Waals surface area contributed by atoms with E-state index in [1.807, 2.05) is 4.90 Å². The van der Waals surface area contributed by atoms with E-state index in [1.54, 1.807) is 48.5 Å². The van der Waals surface area contributed by atoms with Gasteiger partial charge in [-0.2, -0.15) is 0 Å². The second-order valence-corrected chi connectivity index (χ2v) is 10.0. The van der Waals surface area contributed by atoms with Gasteiger partial charge in [-0.05, 0) is 42.5 Å². The molecule has 9 heteroatoms. The standard InChI is InChI=1S/C21H22ClN3O4S/c1-30(28,29)18-7-5-16(6-8-18)23-9-11-24(12-10-23)19-14-20(26)25(21(19)27)17-4-2-3-15(22)13-17/h2-8,13,19H,9-12,14H2,1H3/t19-/m0/s1. The molecule has 0 saturated carbocycles. The Morgan fingerprint density at radius 1 is 0.933 bits per heavy atom. The van der Waals surface area contributed by atoms with E-state index in [4.69, 9.17) is 11.6 Å². The van der Waals surface area contributed by atoms with Crippen molar-refractivity contribution in [2.45, 2.75) is 17.4 Å². The highest BCUT2D eigenvalue weighted by Crippen LogP contribution is 2.29. The number of amides is 2. The maximum atomic E-state index is 13.0. The first kappa shape index (κ1) is 20.8. The summed E-state index contributed by atoms with van der Waals surface area (Å²) < 4.78 is 23.2. The van der Waals surface area contributed by atoms with Crippen LogP contribution in [0.5, 0.6) is 0 Å². The van der Waals surface area contributed by atoms with Gasteiger partial charge in [-0.15, -0.1) is 0 Å². The van der Waals surface area contributed by atoms with Crippen LogP contribution in [-0.4, -0.2) is 63.6 Å². The maximum Gasteiger partial charge on any atom is 0.251 e. The molecule has 7 nitrogen and oxygen atoms in total. The molecule has 1 atom stereocenters. The molecule has 2 heterocycles. The number of sulfone groups is 1. The van der Waals surface area contributed by atoms with Crippen LogP contribution in [0.2, 0.25) is 5.02 Å². The van der Waals surface area contributed by atoms with Crippen LogP contribution < -0.4 is 9.80 Å².